The van der Waals surface area contributed by atoms with Crippen molar-refractivity contribution in [2.45, 2.75) is 67.2 Å². The van der Waals surface area contributed by atoms with Crippen LogP contribution in [0.1, 0.15) is 61.8 Å². The Morgan fingerprint density at radius 3 is 1.86 bits per heavy atom. The van der Waals surface area contributed by atoms with Crippen molar-refractivity contribution in [2.75, 3.05) is 6.61 Å². The van der Waals surface area contributed by atoms with Crippen LogP contribution in [0.2, 0.25) is 0 Å². The van der Waals surface area contributed by atoms with Gasteiger partial charge in [-0.3, -0.25) is 0 Å². The molecule has 152 valence electrons. The number of hydrogen-bond acceptors (Lipinski definition) is 3. The number of hydrogen-bond donors (Lipinski definition) is 0. The fourth-order valence-corrected chi connectivity index (χ4v) is 3.84. The lowest BCUT2D eigenvalue weighted by Gasteiger charge is -2.13. The second-order valence-electron chi connectivity index (χ2n) is 8.04. The van der Waals surface area contributed by atoms with Gasteiger partial charge < -0.3 is 13.9 Å². The van der Waals surface area contributed by atoms with Gasteiger partial charge in [0.25, 0.3) is 0 Å². The van der Waals surface area contributed by atoms with Gasteiger partial charge in [0.05, 0.1) is 0 Å². The third-order valence-electron chi connectivity index (χ3n) is 5.42. The third kappa shape index (κ3) is 4.37. The lowest BCUT2D eigenvalue weighted by Crippen LogP contribution is -2.19. The average molecular weight is 384 g/mol. The van der Waals surface area contributed by atoms with Crippen LogP contribution in [0, 0.1) is 33.6 Å². The number of benzene rings is 2. The van der Waals surface area contributed by atoms with Crippen LogP contribution in [0.25, 0.3) is 21.9 Å². The Hall–Kier alpha value is -2.36. The lowest BCUT2D eigenvalue weighted by atomic mass is 10.0. The molecule has 0 aliphatic heterocycles. The predicted molar refractivity (Wildman–Crippen MR) is 115 cm³/mol. The summed E-state index contributed by atoms with van der Waals surface area (Å²) in [6, 6.07) is 8.56. The smallest absolute Gasteiger partial charge is 0.173 e. The Bertz CT molecular complexity index is 934. The molecule has 3 aromatic rings. The topological polar surface area (TPSA) is 40.4 Å². The summed E-state index contributed by atoms with van der Waals surface area (Å²) in [5, 5.41) is 3.30. The molecule has 1 unspecified atom stereocenters. The summed E-state index contributed by atoms with van der Waals surface area (Å²) in [7, 11) is 0. The van der Waals surface area contributed by atoms with Crippen LogP contribution in [-0.2, 0) is 0 Å². The SMILES string of the molecule is CCCCC(CC)COn1oc2c(C)cc(C)cc2c2cc(C)cc(C)c2o1. The summed E-state index contributed by atoms with van der Waals surface area (Å²) in [6.45, 7) is 13.3. The van der Waals surface area contributed by atoms with Crippen molar-refractivity contribution in [1.29, 1.82) is 0 Å². The van der Waals surface area contributed by atoms with Crippen LogP contribution < -0.4 is 4.84 Å². The van der Waals surface area contributed by atoms with Crippen LogP contribution in [0.3, 0.4) is 0 Å². The second-order valence-corrected chi connectivity index (χ2v) is 8.04. The van der Waals surface area contributed by atoms with Crippen molar-refractivity contribution < 1.29 is 13.9 Å². The molecule has 1 heterocycles. The maximum Gasteiger partial charge on any atom is 0.173 e. The molecule has 3 rings (SSSR count). The zero-order valence-corrected chi connectivity index (χ0v) is 18.1. The predicted octanol–water partition coefficient (Wildman–Crippen LogP) is 6.98. The molecule has 1 aromatic heterocycles. The third-order valence-corrected chi connectivity index (χ3v) is 5.42. The van der Waals surface area contributed by atoms with E-state index in [2.05, 4.69) is 65.8 Å². The van der Waals surface area contributed by atoms with Gasteiger partial charge in [0.15, 0.2) is 11.2 Å². The minimum Gasteiger partial charge on any atom is -0.357 e. The highest BCUT2D eigenvalue weighted by Crippen LogP contribution is 2.30. The molecule has 4 heteroatoms. The minimum absolute atomic E-state index is 0.493. The molecule has 0 N–H and O–H groups in total. The van der Waals surface area contributed by atoms with Crippen LogP contribution in [0.4, 0.5) is 0 Å². The Labute approximate surface area is 167 Å². The molecule has 28 heavy (non-hydrogen) atoms. The van der Waals surface area contributed by atoms with Crippen molar-refractivity contribution in [1.82, 2.24) is 5.08 Å². The monoisotopic (exact) mass is 383 g/mol. The van der Waals surface area contributed by atoms with Gasteiger partial charge in [-0.2, -0.15) is 0 Å². The van der Waals surface area contributed by atoms with Gasteiger partial charge in [-0.25, -0.2) is 0 Å². The first-order valence-electron chi connectivity index (χ1n) is 10.4. The molecule has 1 atom stereocenters. The quantitative estimate of drug-likeness (QED) is 0.442. The van der Waals surface area contributed by atoms with Gasteiger partial charge in [-0.1, -0.05) is 38.8 Å². The zero-order chi connectivity index (χ0) is 20.3. The minimum atomic E-state index is 0.493. The number of fused-ring (bicyclic) bond motifs is 3. The van der Waals surface area contributed by atoms with Gasteiger partial charge in [0, 0.05) is 10.8 Å². The van der Waals surface area contributed by atoms with E-state index in [0.29, 0.717) is 12.5 Å². The fraction of sp³-hybridized carbons (Fsp3) is 0.500. The van der Waals surface area contributed by atoms with E-state index in [1.165, 1.54) is 29.0 Å². The molecule has 2 aromatic carbocycles. The van der Waals surface area contributed by atoms with Gasteiger partial charge in [-0.15, -0.1) is 0 Å². The lowest BCUT2D eigenvalue weighted by molar-refractivity contribution is -0.151. The molecule has 0 radical (unpaired) electrons. The number of aromatic nitrogens is 1. The summed E-state index contributed by atoms with van der Waals surface area (Å²) < 4.78 is 12.2. The fourth-order valence-electron chi connectivity index (χ4n) is 3.84. The maximum absolute atomic E-state index is 6.11. The standard InChI is InChI=1S/C24H33NO3/c1-7-9-10-20(8-2)15-26-25-27-23-18(5)11-16(3)13-21(23)22-14-17(4)12-19(6)24(22)28-25/h11-14,20H,7-10,15H2,1-6H3. The average Bonchev–Trinajstić information content (AvgIpc) is 2.80. The van der Waals surface area contributed by atoms with Gasteiger partial charge >= 0.3 is 0 Å². The second kappa shape index (κ2) is 8.76. The normalized spacial score (nSPS) is 12.5. The van der Waals surface area contributed by atoms with E-state index in [0.717, 1.165) is 45.9 Å². The van der Waals surface area contributed by atoms with Crippen LogP contribution in [-0.4, -0.2) is 11.7 Å². The van der Waals surface area contributed by atoms with Crippen molar-refractivity contribution in [3.63, 3.8) is 0 Å². The van der Waals surface area contributed by atoms with Crippen molar-refractivity contribution >= 4 is 21.9 Å². The molecule has 0 saturated heterocycles. The van der Waals surface area contributed by atoms with E-state index in [-0.39, 0.29) is 0 Å². The molecule has 0 fully saturated rings. The molecule has 0 bridgehead atoms. The zero-order valence-electron chi connectivity index (χ0n) is 18.1. The molecule has 0 amide bonds. The highest BCUT2D eigenvalue weighted by Gasteiger charge is 2.13. The highest BCUT2D eigenvalue weighted by molar-refractivity contribution is 6.03. The summed E-state index contributed by atoms with van der Waals surface area (Å²) in [6.07, 6.45) is 4.65. The molecule has 0 saturated carbocycles. The summed E-state index contributed by atoms with van der Waals surface area (Å²) in [4.78, 5) is 5.99. The van der Waals surface area contributed by atoms with E-state index < -0.39 is 0 Å². The van der Waals surface area contributed by atoms with Gasteiger partial charge in [0.2, 0.25) is 0 Å². The number of unbranched alkanes of at least 4 members (excludes halogenated alkanes) is 1. The first-order valence-corrected chi connectivity index (χ1v) is 10.4. The molecule has 0 aliphatic rings. The van der Waals surface area contributed by atoms with E-state index in [1.807, 2.05) is 0 Å². The molecular formula is C24H33NO3. The van der Waals surface area contributed by atoms with Crippen LogP contribution >= 0.6 is 0 Å². The summed E-state index contributed by atoms with van der Waals surface area (Å²) in [5.74, 6) is 0.493. The number of aryl methyl sites for hydroxylation is 4. The van der Waals surface area contributed by atoms with Crippen molar-refractivity contribution in [2.24, 2.45) is 5.92 Å². The van der Waals surface area contributed by atoms with Crippen molar-refractivity contribution in [3.05, 3.63) is 46.5 Å². The highest BCUT2D eigenvalue weighted by atomic mass is 17.0. The van der Waals surface area contributed by atoms with Gasteiger partial charge in [0.1, 0.15) is 11.7 Å². The molecule has 0 aliphatic carbocycles. The van der Waals surface area contributed by atoms with Crippen LogP contribution in [0.5, 0.6) is 0 Å². The number of nitrogens with zero attached hydrogens (tertiary/aromatic N) is 1. The Kier molecular flexibility index (Phi) is 6.38. The molecule has 4 nitrogen and oxygen atoms in total. The summed E-state index contributed by atoms with van der Waals surface area (Å²) >= 11 is 0. The Morgan fingerprint density at radius 1 is 0.857 bits per heavy atom. The molecular weight excluding hydrogens is 350 g/mol. The Morgan fingerprint density at radius 2 is 1.39 bits per heavy atom. The van der Waals surface area contributed by atoms with E-state index in [4.69, 9.17) is 13.9 Å². The van der Waals surface area contributed by atoms with E-state index in [9.17, 15) is 0 Å². The van der Waals surface area contributed by atoms with E-state index in [1.54, 1.807) is 0 Å². The molecule has 0 spiro atoms. The first kappa shape index (κ1) is 20.4. The number of rotatable bonds is 7. The van der Waals surface area contributed by atoms with Crippen LogP contribution in [0.15, 0.2) is 33.3 Å². The maximum atomic E-state index is 6.11. The van der Waals surface area contributed by atoms with Crippen molar-refractivity contribution in [3.8, 4) is 0 Å². The van der Waals surface area contributed by atoms with E-state index >= 15 is 0 Å². The Balaban J connectivity index is 2.16. The largest absolute Gasteiger partial charge is 0.357 e. The first-order chi connectivity index (χ1) is 13.4. The van der Waals surface area contributed by atoms with Gasteiger partial charge in [-0.05, 0) is 80.8 Å². The summed E-state index contributed by atoms with van der Waals surface area (Å²) in [5.41, 5.74) is 6.11.